The van der Waals surface area contributed by atoms with E-state index in [1.165, 1.54) is 0 Å². The molecule has 1 N–H and O–H groups in total. The standard InChI is InChI=1S/C20H27N3O2/c1-5-15(6-2)23-18(12-14(4)22-23)20(24)21-17-10-11-25-19-13(3)8-7-9-16(17)19/h7-9,12,15,17H,5-6,10-11H2,1-4H3,(H,21,24)/t17-/m1/s1. The Hall–Kier alpha value is -2.30. The summed E-state index contributed by atoms with van der Waals surface area (Å²) in [5.74, 6) is 0.843. The van der Waals surface area contributed by atoms with Crippen LogP contribution in [0.3, 0.4) is 0 Å². The smallest absolute Gasteiger partial charge is 0.270 e. The highest BCUT2D eigenvalue weighted by molar-refractivity contribution is 5.93. The molecule has 2 aromatic rings. The molecule has 5 nitrogen and oxygen atoms in total. The molecule has 1 amide bonds. The number of rotatable bonds is 5. The minimum absolute atomic E-state index is 0.0264. The van der Waals surface area contributed by atoms with Gasteiger partial charge in [-0.3, -0.25) is 9.48 Å². The third-order valence-corrected chi connectivity index (χ3v) is 4.95. The topological polar surface area (TPSA) is 56.2 Å². The van der Waals surface area contributed by atoms with Crippen molar-refractivity contribution in [3.05, 3.63) is 46.8 Å². The van der Waals surface area contributed by atoms with Gasteiger partial charge in [-0.2, -0.15) is 5.10 Å². The quantitative estimate of drug-likeness (QED) is 0.890. The SMILES string of the molecule is CCC(CC)n1nc(C)cc1C(=O)N[C@@H]1CCOc2c(C)cccc21. The number of benzene rings is 1. The third-order valence-electron chi connectivity index (χ3n) is 4.95. The number of ether oxygens (including phenoxy) is 1. The van der Waals surface area contributed by atoms with Crippen LogP contribution in [-0.2, 0) is 0 Å². The van der Waals surface area contributed by atoms with E-state index in [1.54, 1.807) is 0 Å². The first kappa shape index (κ1) is 17.5. The number of carbonyl (C=O) groups excluding carboxylic acids is 1. The average molecular weight is 341 g/mol. The average Bonchev–Trinajstić information content (AvgIpc) is 2.99. The number of hydrogen-bond donors (Lipinski definition) is 1. The van der Waals surface area contributed by atoms with Crippen LogP contribution in [0.25, 0.3) is 0 Å². The maximum absolute atomic E-state index is 13.0. The number of aryl methyl sites for hydroxylation is 2. The van der Waals surface area contributed by atoms with Crippen LogP contribution in [0.15, 0.2) is 24.3 Å². The predicted octanol–water partition coefficient (Wildman–Crippen LogP) is 4.11. The normalized spacial score (nSPS) is 16.4. The van der Waals surface area contributed by atoms with Crippen LogP contribution >= 0.6 is 0 Å². The molecule has 25 heavy (non-hydrogen) atoms. The van der Waals surface area contributed by atoms with Crippen molar-refractivity contribution in [3.63, 3.8) is 0 Å². The third kappa shape index (κ3) is 3.41. The number of carbonyl (C=O) groups is 1. The Labute approximate surface area is 149 Å². The summed E-state index contributed by atoms with van der Waals surface area (Å²) in [6.07, 6.45) is 2.69. The number of nitrogens with one attached hydrogen (secondary N) is 1. The summed E-state index contributed by atoms with van der Waals surface area (Å²) in [6, 6.07) is 8.19. The molecule has 134 valence electrons. The van der Waals surface area contributed by atoms with Crippen molar-refractivity contribution in [1.29, 1.82) is 0 Å². The van der Waals surface area contributed by atoms with E-state index in [0.717, 1.165) is 41.8 Å². The van der Waals surface area contributed by atoms with Crippen LogP contribution < -0.4 is 10.1 Å². The van der Waals surface area contributed by atoms with Crippen molar-refractivity contribution < 1.29 is 9.53 Å². The second-order valence-electron chi connectivity index (χ2n) is 6.74. The van der Waals surface area contributed by atoms with Crippen LogP contribution in [0.2, 0.25) is 0 Å². The van der Waals surface area contributed by atoms with E-state index in [9.17, 15) is 4.79 Å². The molecule has 0 radical (unpaired) electrons. The van der Waals surface area contributed by atoms with Crippen molar-refractivity contribution >= 4 is 5.91 Å². The lowest BCUT2D eigenvalue weighted by molar-refractivity contribution is 0.0910. The molecule has 0 spiro atoms. The van der Waals surface area contributed by atoms with E-state index in [0.29, 0.717) is 12.3 Å². The van der Waals surface area contributed by atoms with Gasteiger partial charge in [0.1, 0.15) is 11.4 Å². The second-order valence-corrected chi connectivity index (χ2v) is 6.74. The van der Waals surface area contributed by atoms with Gasteiger partial charge in [0, 0.05) is 12.0 Å². The highest BCUT2D eigenvalue weighted by Crippen LogP contribution is 2.34. The Morgan fingerprint density at radius 1 is 1.36 bits per heavy atom. The molecule has 0 fully saturated rings. The van der Waals surface area contributed by atoms with Gasteiger partial charge in [0.15, 0.2) is 0 Å². The van der Waals surface area contributed by atoms with Crippen LogP contribution in [0, 0.1) is 13.8 Å². The molecule has 0 saturated heterocycles. The first-order valence-corrected chi connectivity index (χ1v) is 9.14. The van der Waals surface area contributed by atoms with Gasteiger partial charge in [-0.15, -0.1) is 0 Å². The van der Waals surface area contributed by atoms with Gasteiger partial charge in [0.05, 0.1) is 24.4 Å². The molecule has 1 aliphatic rings. The van der Waals surface area contributed by atoms with E-state index < -0.39 is 0 Å². The zero-order chi connectivity index (χ0) is 18.0. The van der Waals surface area contributed by atoms with Gasteiger partial charge in [-0.05, 0) is 38.3 Å². The van der Waals surface area contributed by atoms with Gasteiger partial charge in [0.2, 0.25) is 0 Å². The molecule has 1 aliphatic heterocycles. The van der Waals surface area contributed by atoms with Gasteiger partial charge in [-0.1, -0.05) is 32.0 Å². The number of para-hydroxylation sites is 1. The van der Waals surface area contributed by atoms with E-state index >= 15 is 0 Å². The number of nitrogens with zero attached hydrogens (tertiary/aromatic N) is 2. The number of fused-ring (bicyclic) bond motifs is 1. The first-order chi connectivity index (χ1) is 12.0. The van der Waals surface area contributed by atoms with E-state index in [-0.39, 0.29) is 18.0 Å². The lowest BCUT2D eigenvalue weighted by atomic mass is 9.98. The molecule has 0 saturated carbocycles. The summed E-state index contributed by atoms with van der Waals surface area (Å²) < 4.78 is 7.69. The molecule has 2 heterocycles. The van der Waals surface area contributed by atoms with Crippen LogP contribution in [0.1, 0.15) is 72.5 Å². The van der Waals surface area contributed by atoms with E-state index in [4.69, 9.17) is 4.74 Å². The largest absolute Gasteiger partial charge is 0.493 e. The lowest BCUT2D eigenvalue weighted by Gasteiger charge is -2.28. The fourth-order valence-corrected chi connectivity index (χ4v) is 3.56. The predicted molar refractivity (Wildman–Crippen MR) is 98.1 cm³/mol. The second kappa shape index (κ2) is 7.30. The molecule has 1 atom stereocenters. The molecular weight excluding hydrogens is 314 g/mol. The fourth-order valence-electron chi connectivity index (χ4n) is 3.56. The lowest BCUT2D eigenvalue weighted by Crippen LogP contribution is -2.34. The molecule has 0 bridgehead atoms. The minimum Gasteiger partial charge on any atom is -0.493 e. The van der Waals surface area contributed by atoms with Crippen LogP contribution in [0.5, 0.6) is 5.75 Å². The van der Waals surface area contributed by atoms with Crippen LogP contribution in [-0.4, -0.2) is 22.3 Å². The maximum atomic E-state index is 13.0. The summed E-state index contributed by atoms with van der Waals surface area (Å²) >= 11 is 0. The summed E-state index contributed by atoms with van der Waals surface area (Å²) in [4.78, 5) is 13.0. The Kier molecular flexibility index (Phi) is 5.11. The molecule has 1 aromatic carbocycles. The Balaban J connectivity index is 1.86. The first-order valence-electron chi connectivity index (χ1n) is 9.14. The molecule has 3 rings (SSSR count). The maximum Gasteiger partial charge on any atom is 0.270 e. The molecule has 0 unspecified atom stereocenters. The van der Waals surface area contributed by atoms with E-state index in [1.807, 2.05) is 42.8 Å². The highest BCUT2D eigenvalue weighted by atomic mass is 16.5. The summed E-state index contributed by atoms with van der Waals surface area (Å²) in [6.45, 7) is 8.85. The Morgan fingerprint density at radius 2 is 2.12 bits per heavy atom. The molecule has 1 aromatic heterocycles. The van der Waals surface area contributed by atoms with Crippen LogP contribution in [0.4, 0.5) is 0 Å². The van der Waals surface area contributed by atoms with Crippen molar-refractivity contribution in [3.8, 4) is 5.75 Å². The number of amides is 1. The van der Waals surface area contributed by atoms with Gasteiger partial charge in [-0.25, -0.2) is 0 Å². The van der Waals surface area contributed by atoms with Gasteiger partial charge in [0.25, 0.3) is 5.91 Å². The Bertz CT molecular complexity index is 762. The number of hydrogen-bond acceptors (Lipinski definition) is 3. The Morgan fingerprint density at radius 3 is 2.84 bits per heavy atom. The van der Waals surface area contributed by atoms with Gasteiger partial charge >= 0.3 is 0 Å². The molecule has 0 aliphatic carbocycles. The summed E-state index contributed by atoms with van der Waals surface area (Å²) in [7, 11) is 0. The number of aromatic nitrogens is 2. The zero-order valence-corrected chi connectivity index (χ0v) is 15.5. The summed E-state index contributed by atoms with van der Waals surface area (Å²) in [5.41, 5.74) is 3.69. The van der Waals surface area contributed by atoms with Crippen molar-refractivity contribution in [2.45, 2.75) is 59.0 Å². The van der Waals surface area contributed by atoms with Crippen molar-refractivity contribution in [2.75, 3.05) is 6.61 Å². The molecule has 5 heteroatoms. The summed E-state index contributed by atoms with van der Waals surface area (Å²) in [5, 5.41) is 7.75. The highest BCUT2D eigenvalue weighted by Gasteiger charge is 2.26. The molecular formula is C20H27N3O2. The fraction of sp³-hybridized carbons (Fsp3) is 0.500. The van der Waals surface area contributed by atoms with Crippen molar-refractivity contribution in [1.82, 2.24) is 15.1 Å². The monoisotopic (exact) mass is 341 g/mol. The van der Waals surface area contributed by atoms with Crippen molar-refractivity contribution in [2.24, 2.45) is 0 Å². The van der Waals surface area contributed by atoms with E-state index in [2.05, 4.69) is 24.3 Å². The minimum atomic E-state index is -0.0631. The van der Waals surface area contributed by atoms with Gasteiger partial charge < -0.3 is 10.1 Å². The zero-order valence-electron chi connectivity index (χ0n) is 15.5.